The van der Waals surface area contributed by atoms with E-state index < -0.39 is 14.9 Å². The van der Waals surface area contributed by atoms with Crippen molar-refractivity contribution in [2.75, 3.05) is 26.2 Å². The van der Waals surface area contributed by atoms with Crippen molar-refractivity contribution in [3.63, 3.8) is 0 Å². The summed E-state index contributed by atoms with van der Waals surface area (Å²) in [6, 6.07) is 4.99. The Kier molecular flexibility index (Phi) is 4.13. The molecule has 0 radical (unpaired) electrons. The summed E-state index contributed by atoms with van der Waals surface area (Å²) in [4.78, 5) is 10.1. The largest absolute Gasteiger partial charge is 0.315 e. The minimum Gasteiger partial charge on any atom is -0.315 e. The molecule has 1 saturated heterocycles. The van der Waals surface area contributed by atoms with Crippen LogP contribution in [-0.4, -0.2) is 43.8 Å². The van der Waals surface area contributed by atoms with E-state index in [1.165, 1.54) is 28.6 Å². The van der Waals surface area contributed by atoms with Crippen molar-refractivity contribution in [3.05, 3.63) is 34.4 Å². The summed E-state index contributed by atoms with van der Waals surface area (Å²) < 4.78 is 26.1. The lowest BCUT2D eigenvalue weighted by Crippen LogP contribution is -2.34. The lowest BCUT2D eigenvalue weighted by Gasteiger charge is -2.19. The zero-order valence-corrected chi connectivity index (χ0v) is 11.1. The van der Waals surface area contributed by atoms with Crippen molar-refractivity contribution in [1.29, 1.82) is 0 Å². The second-order valence-corrected chi connectivity index (χ2v) is 6.20. The van der Waals surface area contributed by atoms with E-state index in [0.29, 0.717) is 19.6 Å². The molecule has 0 atom stereocenters. The van der Waals surface area contributed by atoms with Gasteiger partial charge in [-0.25, -0.2) is 8.42 Å². The molecule has 1 N–H and O–H groups in total. The molecular weight excluding hydrogens is 270 g/mol. The summed E-state index contributed by atoms with van der Waals surface area (Å²) >= 11 is 0. The van der Waals surface area contributed by atoms with E-state index in [1.807, 2.05) is 0 Å². The summed E-state index contributed by atoms with van der Waals surface area (Å²) in [5.74, 6) is 0. The van der Waals surface area contributed by atoms with E-state index in [9.17, 15) is 18.5 Å². The van der Waals surface area contributed by atoms with E-state index in [2.05, 4.69) is 5.32 Å². The van der Waals surface area contributed by atoms with Gasteiger partial charge < -0.3 is 5.32 Å². The molecule has 19 heavy (non-hydrogen) atoms. The molecule has 2 rings (SSSR count). The van der Waals surface area contributed by atoms with E-state index in [4.69, 9.17) is 0 Å². The van der Waals surface area contributed by atoms with Crippen LogP contribution in [0.4, 0.5) is 5.69 Å². The molecule has 0 amide bonds. The molecular formula is C11H15N3O4S. The number of nitro benzene ring substituents is 1. The highest BCUT2D eigenvalue weighted by atomic mass is 32.2. The third kappa shape index (κ3) is 3.09. The summed E-state index contributed by atoms with van der Waals surface area (Å²) in [5.41, 5.74) is -0.114. The van der Waals surface area contributed by atoms with Gasteiger partial charge in [-0.15, -0.1) is 0 Å². The van der Waals surface area contributed by atoms with Crippen LogP contribution in [0.5, 0.6) is 0 Å². The number of sulfonamides is 1. The third-order valence-corrected chi connectivity index (χ3v) is 4.90. The molecule has 0 saturated carbocycles. The minimum atomic E-state index is -3.56. The van der Waals surface area contributed by atoms with Crippen molar-refractivity contribution < 1.29 is 13.3 Å². The Morgan fingerprint density at radius 2 is 1.84 bits per heavy atom. The van der Waals surface area contributed by atoms with Crippen molar-refractivity contribution in [3.8, 4) is 0 Å². The average molecular weight is 285 g/mol. The Morgan fingerprint density at radius 1 is 1.16 bits per heavy atom. The van der Waals surface area contributed by atoms with Gasteiger partial charge in [0.2, 0.25) is 10.0 Å². The molecule has 1 aliphatic rings. The van der Waals surface area contributed by atoms with Gasteiger partial charge in [0.15, 0.2) is 0 Å². The number of non-ortho nitro benzene ring substituents is 1. The molecule has 1 aliphatic heterocycles. The van der Waals surface area contributed by atoms with Crippen LogP contribution in [0.15, 0.2) is 29.2 Å². The quantitative estimate of drug-likeness (QED) is 0.647. The molecule has 0 bridgehead atoms. The molecule has 0 aliphatic carbocycles. The maximum absolute atomic E-state index is 12.3. The first-order valence-electron chi connectivity index (χ1n) is 5.97. The highest BCUT2D eigenvalue weighted by Gasteiger charge is 2.25. The van der Waals surface area contributed by atoms with Gasteiger partial charge in [0.05, 0.1) is 9.82 Å². The van der Waals surface area contributed by atoms with Crippen LogP contribution in [-0.2, 0) is 10.0 Å². The highest BCUT2D eigenvalue weighted by molar-refractivity contribution is 7.89. The smallest absolute Gasteiger partial charge is 0.269 e. The van der Waals surface area contributed by atoms with Gasteiger partial charge in [-0.05, 0) is 25.1 Å². The van der Waals surface area contributed by atoms with Crippen LogP contribution in [0.2, 0.25) is 0 Å². The molecule has 0 unspecified atom stereocenters. The van der Waals surface area contributed by atoms with Crippen LogP contribution in [0, 0.1) is 10.1 Å². The van der Waals surface area contributed by atoms with Crippen LogP contribution < -0.4 is 5.32 Å². The predicted molar refractivity (Wildman–Crippen MR) is 69.3 cm³/mol. The second kappa shape index (κ2) is 5.64. The average Bonchev–Trinajstić information content (AvgIpc) is 2.68. The number of hydrogen-bond donors (Lipinski definition) is 1. The van der Waals surface area contributed by atoms with Crippen LogP contribution in [0.3, 0.4) is 0 Å². The van der Waals surface area contributed by atoms with Gasteiger partial charge in [-0.1, -0.05) is 0 Å². The van der Waals surface area contributed by atoms with Gasteiger partial charge in [0, 0.05) is 31.8 Å². The van der Waals surface area contributed by atoms with E-state index in [-0.39, 0.29) is 10.6 Å². The van der Waals surface area contributed by atoms with Crippen molar-refractivity contribution >= 4 is 15.7 Å². The minimum absolute atomic E-state index is 0.0972. The number of nitrogens with zero attached hydrogens (tertiary/aromatic N) is 2. The molecule has 7 nitrogen and oxygen atoms in total. The highest BCUT2D eigenvalue weighted by Crippen LogP contribution is 2.19. The molecule has 1 fully saturated rings. The van der Waals surface area contributed by atoms with E-state index in [0.717, 1.165) is 13.0 Å². The Labute approximate surface area is 111 Å². The number of nitrogens with one attached hydrogen (secondary N) is 1. The van der Waals surface area contributed by atoms with Crippen LogP contribution in [0.25, 0.3) is 0 Å². The fraction of sp³-hybridized carbons (Fsp3) is 0.455. The fourth-order valence-corrected chi connectivity index (χ4v) is 3.43. The fourth-order valence-electron chi connectivity index (χ4n) is 1.95. The molecule has 1 heterocycles. The topological polar surface area (TPSA) is 92.5 Å². The van der Waals surface area contributed by atoms with Crippen molar-refractivity contribution in [2.45, 2.75) is 11.3 Å². The zero-order valence-electron chi connectivity index (χ0n) is 10.3. The van der Waals surface area contributed by atoms with E-state index in [1.54, 1.807) is 0 Å². The summed E-state index contributed by atoms with van der Waals surface area (Å²) in [5, 5.41) is 13.7. The number of nitro groups is 1. The predicted octanol–water partition coefficient (Wildman–Crippen LogP) is 0.579. The Balaban J connectivity index is 2.25. The second-order valence-electron chi connectivity index (χ2n) is 4.26. The lowest BCUT2D eigenvalue weighted by molar-refractivity contribution is -0.384. The normalized spacial score (nSPS) is 17.9. The monoisotopic (exact) mass is 285 g/mol. The maximum Gasteiger partial charge on any atom is 0.269 e. The SMILES string of the molecule is O=[N+]([O-])c1ccc(S(=O)(=O)N2CCCNCC2)cc1. The Hall–Kier alpha value is -1.51. The molecule has 104 valence electrons. The molecule has 0 aromatic heterocycles. The third-order valence-electron chi connectivity index (χ3n) is 2.98. The van der Waals surface area contributed by atoms with Gasteiger partial charge in [-0.3, -0.25) is 10.1 Å². The summed E-state index contributed by atoms with van der Waals surface area (Å²) in [6.45, 7) is 2.30. The number of hydrogen-bond acceptors (Lipinski definition) is 5. The zero-order chi connectivity index (χ0) is 13.9. The molecule has 1 aromatic rings. The van der Waals surface area contributed by atoms with Crippen LogP contribution >= 0.6 is 0 Å². The maximum atomic E-state index is 12.3. The standard InChI is InChI=1S/C11H15N3O4S/c15-14(16)10-2-4-11(5-3-10)19(17,18)13-8-1-6-12-7-9-13/h2-5,12H,1,6-9H2. The Morgan fingerprint density at radius 3 is 2.47 bits per heavy atom. The summed E-state index contributed by atoms with van der Waals surface area (Å²) in [6.07, 6.45) is 0.756. The first kappa shape index (κ1) is 13.9. The van der Waals surface area contributed by atoms with Gasteiger partial charge in [-0.2, -0.15) is 4.31 Å². The first-order valence-corrected chi connectivity index (χ1v) is 7.41. The van der Waals surface area contributed by atoms with E-state index >= 15 is 0 Å². The first-order chi connectivity index (χ1) is 9.01. The Bertz CT molecular complexity index is 548. The van der Waals surface area contributed by atoms with Crippen molar-refractivity contribution in [2.24, 2.45) is 0 Å². The molecule has 8 heteroatoms. The number of rotatable bonds is 3. The number of benzene rings is 1. The van der Waals surface area contributed by atoms with Gasteiger partial charge in [0.25, 0.3) is 5.69 Å². The summed E-state index contributed by atoms with van der Waals surface area (Å²) in [7, 11) is -3.56. The van der Waals surface area contributed by atoms with Crippen molar-refractivity contribution in [1.82, 2.24) is 9.62 Å². The molecule has 1 aromatic carbocycles. The van der Waals surface area contributed by atoms with Crippen LogP contribution in [0.1, 0.15) is 6.42 Å². The lowest BCUT2D eigenvalue weighted by atomic mass is 10.3. The van der Waals surface area contributed by atoms with Gasteiger partial charge >= 0.3 is 0 Å². The van der Waals surface area contributed by atoms with Gasteiger partial charge in [0.1, 0.15) is 0 Å². The molecule has 0 spiro atoms.